The van der Waals surface area contributed by atoms with Gasteiger partial charge in [0, 0.05) is 5.56 Å². The summed E-state index contributed by atoms with van der Waals surface area (Å²) < 4.78 is 0. The van der Waals surface area contributed by atoms with Crippen LogP contribution in [-0.4, -0.2) is 10.2 Å². The van der Waals surface area contributed by atoms with E-state index < -0.39 is 0 Å². The summed E-state index contributed by atoms with van der Waals surface area (Å²) in [6.45, 7) is 1.92. The Kier molecular flexibility index (Phi) is 2.34. The molecule has 0 aromatic heterocycles. The molecular formula is C13H12O2. The second-order valence-corrected chi connectivity index (χ2v) is 3.57. The second kappa shape index (κ2) is 3.65. The van der Waals surface area contributed by atoms with Gasteiger partial charge in [-0.05, 0) is 36.2 Å². The zero-order valence-corrected chi connectivity index (χ0v) is 8.44. The monoisotopic (exact) mass is 200 g/mol. The molecule has 2 aromatic rings. The standard InChI is InChI=1S/C13H12O2/c1-9-5-6-12(13(15)7-9)10-3-2-4-11(14)8-10/h2-8,14-15H,1H3. The minimum Gasteiger partial charge on any atom is -0.508 e. The second-order valence-electron chi connectivity index (χ2n) is 3.57. The highest BCUT2D eigenvalue weighted by atomic mass is 16.3. The number of benzene rings is 2. The first-order valence-electron chi connectivity index (χ1n) is 4.76. The molecule has 2 aromatic carbocycles. The van der Waals surface area contributed by atoms with E-state index in [-0.39, 0.29) is 11.5 Å². The van der Waals surface area contributed by atoms with Crippen molar-refractivity contribution in [2.24, 2.45) is 0 Å². The number of hydrogen-bond acceptors (Lipinski definition) is 2. The lowest BCUT2D eigenvalue weighted by atomic mass is 10.0. The molecule has 2 heteroatoms. The third-order valence-corrected chi connectivity index (χ3v) is 2.31. The third kappa shape index (κ3) is 1.94. The average Bonchev–Trinajstić information content (AvgIpc) is 2.17. The number of aromatic hydroxyl groups is 2. The molecule has 76 valence electrons. The van der Waals surface area contributed by atoms with Crippen LogP contribution in [0.5, 0.6) is 11.5 Å². The van der Waals surface area contributed by atoms with Crippen LogP contribution in [0.15, 0.2) is 42.5 Å². The summed E-state index contributed by atoms with van der Waals surface area (Å²) in [5.74, 6) is 0.438. The van der Waals surface area contributed by atoms with Gasteiger partial charge in [0.15, 0.2) is 0 Å². The van der Waals surface area contributed by atoms with Crippen molar-refractivity contribution in [1.29, 1.82) is 0 Å². The van der Waals surface area contributed by atoms with E-state index >= 15 is 0 Å². The van der Waals surface area contributed by atoms with Gasteiger partial charge in [-0.3, -0.25) is 0 Å². The van der Waals surface area contributed by atoms with E-state index in [1.54, 1.807) is 24.3 Å². The predicted molar refractivity (Wildman–Crippen MR) is 59.9 cm³/mol. The van der Waals surface area contributed by atoms with Gasteiger partial charge in [-0.15, -0.1) is 0 Å². The highest BCUT2D eigenvalue weighted by Crippen LogP contribution is 2.31. The Bertz CT molecular complexity index is 490. The van der Waals surface area contributed by atoms with Crippen LogP contribution in [0.4, 0.5) is 0 Å². The summed E-state index contributed by atoms with van der Waals surface area (Å²) >= 11 is 0. The number of phenols is 2. The van der Waals surface area contributed by atoms with Crippen LogP contribution < -0.4 is 0 Å². The summed E-state index contributed by atoms with van der Waals surface area (Å²) in [7, 11) is 0. The van der Waals surface area contributed by atoms with Gasteiger partial charge in [-0.1, -0.05) is 24.3 Å². The first kappa shape index (κ1) is 9.59. The lowest BCUT2D eigenvalue weighted by molar-refractivity contribution is 0.474. The van der Waals surface area contributed by atoms with Crippen molar-refractivity contribution < 1.29 is 10.2 Å². The van der Waals surface area contributed by atoms with Crippen LogP contribution in [0.2, 0.25) is 0 Å². The van der Waals surface area contributed by atoms with Crippen molar-refractivity contribution in [3.8, 4) is 22.6 Å². The van der Waals surface area contributed by atoms with Crippen LogP contribution in [-0.2, 0) is 0 Å². The predicted octanol–water partition coefficient (Wildman–Crippen LogP) is 3.07. The molecule has 0 bridgehead atoms. The van der Waals surface area contributed by atoms with E-state index in [4.69, 9.17) is 0 Å². The van der Waals surface area contributed by atoms with Crippen molar-refractivity contribution >= 4 is 0 Å². The molecule has 15 heavy (non-hydrogen) atoms. The maximum atomic E-state index is 9.75. The Morgan fingerprint density at radius 2 is 1.73 bits per heavy atom. The zero-order valence-electron chi connectivity index (χ0n) is 8.44. The Hall–Kier alpha value is -1.96. The maximum absolute atomic E-state index is 9.75. The van der Waals surface area contributed by atoms with Gasteiger partial charge in [0.1, 0.15) is 11.5 Å². The number of phenolic OH excluding ortho intramolecular Hbond substituents is 2. The van der Waals surface area contributed by atoms with Crippen LogP contribution >= 0.6 is 0 Å². The van der Waals surface area contributed by atoms with Gasteiger partial charge in [0.2, 0.25) is 0 Å². The number of rotatable bonds is 1. The molecule has 0 saturated heterocycles. The van der Waals surface area contributed by atoms with Gasteiger partial charge < -0.3 is 10.2 Å². The molecule has 2 nitrogen and oxygen atoms in total. The van der Waals surface area contributed by atoms with E-state index in [2.05, 4.69) is 0 Å². The SMILES string of the molecule is Cc1ccc(-c2cccc(O)c2)c(O)c1. The van der Waals surface area contributed by atoms with Gasteiger partial charge in [-0.25, -0.2) is 0 Å². The van der Waals surface area contributed by atoms with E-state index in [9.17, 15) is 10.2 Å². The lowest BCUT2D eigenvalue weighted by Crippen LogP contribution is -1.80. The molecule has 2 N–H and O–H groups in total. The minimum absolute atomic E-state index is 0.201. The Labute approximate surface area is 88.4 Å². The summed E-state index contributed by atoms with van der Waals surface area (Å²) in [6, 6.07) is 12.3. The molecule has 0 saturated carbocycles. The van der Waals surface area contributed by atoms with Crippen molar-refractivity contribution in [2.75, 3.05) is 0 Å². The number of aryl methyl sites for hydroxylation is 1. The van der Waals surface area contributed by atoms with Gasteiger partial charge in [0.25, 0.3) is 0 Å². The summed E-state index contributed by atoms with van der Waals surface area (Å²) in [5, 5.41) is 19.1. The molecule has 0 unspecified atom stereocenters. The smallest absolute Gasteiger partial charge is 0.123 e. The fourth-order valence-electron chi connectivity index (χ4n) is 1.56. The molecule has 0 aliphatic carbocycles. The fraction of sp³-hybridized carbons (Fsp3) is 0.0769. The van der Waals surface area contributed by atoms with Crippen LogP contribution in [0, 0.1) is 6.92 Å². The van der Waals surface area contributed by atoms with Crippen LogP contribution in [0.3, 0.4) is 0 Å². The van der Waals surface area contributed by atoms with Gasteiger partial charge in [0.05, 0.1) is 0 Å². The topological polar surface area (TPSA) is 40.5 Å². The molecule has 0 fully saturated rings. The van der Waals surface area contributed by atoms with Crippen molar-refractivity contribution in [3.63, 3.8) is 0 Å². The molecule has 0 heterocycles. The highest BCUT2D eigenvalue weighted by Gasteiger charge is 2.04. The summed E-state index contributed by atoms with van der Waals surface area (Å²) in [5.41, 5.74) is 2.56. The quantitative estimate of drug-likeness (QED) is 0.742. The Morgan fingerprint density at radius 1 is 0.933 bits per heavy atom. The van der Waals surface area contributed by atoms with Gasteiger partial charge in [-0.2, -0.15) is 0 Å². The first-order valence-corrected chi connectivity index (χ1v) is 4.76. The van der Waals surface area contributed by atoms with Gasteiger partial charge >= 0.3 is 0 Å². The van der Waals surface area contributed by atoms with Crippen LogP contribution in [0.1, 0.15) is 5.56 Å². The summed E-state index contributed by atoms with van der Waals surface area (Å²) in [4.78, 5) is 0. The molecular weight excluding hydrogens is 188 g/mol. The molecule has 2 rings (SSSR count). The molecule has 0 radical (unpaired) electrons. The van der Waals surface area contributed by atoms with E-state index in [1.807, 2.05) is 25.1 Å². The van der Waals surface area contributed by atoms with E-state index in [1.165, 1.54) is 0 Å². The normalized spacial score (nSPS) is 10.2. The molecule has 0 aliphatic heterocycles. The minimum atomic E-state index is 0.201. The molecule has 0 amide bonds. The average molecular weight is 200 g/mol. The zero-order chi connectivity index (χ0) is 10.8. The maximum Gasteiger partial charge on any atom is 0.123 e. The van der Waals surface area contributed by atoms with Crippen LogP contribution in [0.25, 0.3) is 11.1 Å². The molecule has 0 aliphatic rings. The lowest BCUT2D eigenvalue weighted by Gasteiger charge is -2.05. The third-order valence-electron chi connectivity index (χ3n) is 2.31. The Morgan fingerprint density at radius 3 is 2.40 bits per heavy atom. The van der Waals surface area contributed by atoms with E-state index in [0.717, 1.165) is 16.7 Å². The highest BCUT2D eigenvalue weighted by molar-refractivity contribution is 5.71. The van der Waals surface area contributed by atoms with Crippen molar-refractivity contribution in [2.45, 2.75) is 6.92 Å². The fourth-order valence-corrected chi connectivity index (χ4v) is 1.56. The van der Waals surface area contributed by atoms with Crippen molar-refractivity contribution in [1.82, 2.24) is 0 Å². The summed E-state index contributed by atoms with van der Waals surface area (Å²) in [6.07, 6.45) is 0. The Balaban J connectivity index is 2.54. The number of hydrogen-bond donors (Lipinski definition) is 2. The van der Waals surface area contributed by atoms with E-state index in [0.29, 0.717) is 0 Å². The molecule has 0 atom stereocenters. The first-order chi connectivity index (χ1) is 7.16. The molecule has 0 spiro atoms. The largest absolute Gasteiger partial charge is 0.508 e. The van der Waals surface area contributed by atoms with Crippen molar-refractivity contribution in [3.05, 3.63) is 48.0 Å².